The van der Waals surface area contributed by atoms with Crippen LogP contribution in [-0.4, -0.2) is 43.4 Å². The van der Waals surface area contributed by atoms with Gasteiger partial charge < -0.3 is 15.0 Å². The van der Waals surface area contributed by atoms with Gasteiger partial charge in [-0.3, -0.25) is 9.59 Å². The molecule has 6 nitrogen and oxygen atoms in total. The maximum Gasteiger partial charge on any atom is 0.338 e. The molecule has 0 spiro atoms. The second-order valence-corrected chi connectivity index (χ2v) is 5.84. The Bertz CT molecular complexity index is 771. The third-order valence-corrected chi connectivity index (χ3v) is 3.49. The second-order valence-electron chi connectivity index (χ2n) is 5.41. The van der Waals surface area contributed by atoms with E-state index < -0.39 is 18.5 Å². The normalized spacial score (nSPS) is 10.0. The Morgan fingerprint density at radius 3 is 2.08 bits per heavy atom. The van der Waals surface area contributed by atoms with E-state index in [1.54, 1.807) is 50.5 Å². The Kier molecular flexibility index (Phi) is 6.14. The molecule has 0 aromatic heterocycles. The van der Waals surface area contributed by atoms with Crippen LogP contribution < -0.4 is 5.32 Å². The van der Waals surface area contributed by atoms with Gasteiger partial charge in [0, 0.05) is 30.4 Å². The highest BCUT2D eigenvalue weighted by atomic mass is 35.5. The number of rotatable bonds is 5. The summed E-state index contributed by atoms with van der Waals surface area (Å²) < 4.78 is 4.94. The SMILES string of the molecule is CN(C)C(=O)c1ccc(NC(=O)COC(=O)c2ccc(Cl)cc2)cc1. The molecule has 0 heterocycles. The van der Waals surface area contributed by atoms with E-state index >= 15 is 0 Å². The van der Waals surface area contributed by atoms with Crippen LogP contribution in [0.15, 0.2) is 48.5 Å². The molecule has 0 saturated carbocycles. The molecule has 2 aromatic rings. The van der Waals surface area contributed by atoms with Crippen molar-refractivity contribution in [3.63, 3.8) is 0 Å². The largest absolute Gasteiger partial charge is 0.452 e. The lowest BCUT2D eigenvalue weighted by atomic mass is 10.2. The second kappa shape index (κ2) is 8.30. The highest BCUT2D eigenvalue weighted by Crippen LogP contribution is 2.12. The Morgan fingerprint density at radius 2 is 1.52 bits per heavy atom. The molecule has 0 fully saturated rings. The van der Waals surface area contributed by atoms with Crippen LogP contribution in [0.2, 0.25) is 5.02 Å². The van der Waals surface area contributed by atoms with Crippen molar-refractivity contribution in [2.24, 2.45) is 0 Å². The van der Waals surface area contributed by atoms with E-state index in [2.05, 4.69) is 5.32 Å². The minimum atomic E-state index is -0.612. The van der Waals surface area contributed by atoms with Crippen molar-refractivity contribution < 1.29 is 19.1 Å². The fourth-order valence-electron chi connectivity index (χ4n) is 1.95. The fourth-order valence-corrected chi connectivity index (χ4v) is 2.08. The lowest BCUT2D eigenvalue weighted by Gasteiger charge is -2.11. The number of hydrogen-bond donors (Lipinski definition) is 1. The Hall–Kier alpha value is -2.86. The summed E-state index contributed by atoms with van der Waals surface area (Å²) in [6.45, 7) is -0.417. The lowest BCUT2D eigenvalue weighted by Crippen LogP contribution is -2.22. The van der Waals surface area contributed by atoms with Crippen molar-refractivity contribution >= 4 is 35.1 Å². The fraction of sp³-hybridized carbons (Fsp3) is 0.167. The molecule has 1 N–H and O–H groups in total. The van der Waals surface area contributed by atoms with Crippen LogP contribution in [0.5, 0.6) is 0 Å². The zero-order valence-electron chi connectivity index (χ0n) is 13.8. The van der Waals surface area contributed by atoms with Crippen LogP contribution in [0.3, 0.4) is 0 Å². The number of ether oxygens (including phenoxy) is 1. The summed E-state index contributed by atoms with van der Waals surface area (Å²) in [5, 5.41) is 3.10. The Balaban J connectivity index is 1.86. The molecule has 130 valence electrons. The average Bonchev–Trinajstić information content (AvgIpc) is 2.60. The third kappa shape index (κ3) is 5.32. The molecule has 7 heteroatoms. The van der Waals surface area contributed by atoms with Gasteiger partial charge in [-0.2, -0.15) is 0 Å². The predicted octanol–water partition coefficient (Wildman–Crippen LogP) is 2.84. The van der Waals surface area contributed by atoms with Gasteiger partial charge in [-0.15, -0.1) is 0 Å². The van der Waals surface area contributed by atoms with Gasteiger partial charge in [0.2, 0.25) is 0 Å². The van der Waals surface area contributed by atoms with E-state index in [4.69, 9.17) is 16.3 Å². The van der Waals surface area contributed by atoms with Gasteiger partial charge in [0.25, 0.3) is 11.8 Å². The van der Waals surface area contributed by atoms with E-state index in [9.17, 15) is 14.4 Å². The maximum absolute atomic E-state index is 11.8. The van der Waals surface area contributed by atoms with Crippen LogP contribution >= 0.6 is 11.6 Å². The first-order valence-corrected chi connectivity index (χ1v) is 7.79. The van der Waals surface area contributed by atoms with Gasteiger partial charge in [0.15, 0.2) is 6.61 Å². The Morgan fingerprint density at radius 1 is 0.960 bits per heavy atom. The lowest BCUT2D eigenvalue weighted by molar-refractivity contribution is -0.119. The third-order valence-electron chi connectivity index (χ3n) is 3.24. The number of carbonyl (C=O) groups excluding carboxylic acids is 3. The van der Waals surface area contributed by atoms with Gasteiger partial charge in [-0.05, 0) is 48.5 Å². The topological polar surface area (TPSA) is 75.7 Å². The van der Waals surface area contributed by atoms with Gasteiger partial charge in [0.05, 0.1) is 5.56 Å². The maximum atomic E-state index is 11.8. The molecule has 0 aliphatic rings. The quantitative estimate of drug-likeness (QED) is 0.832. The summed E-state index contributed by atoms with van der Waals surface area (Å²) in [5.41, 5.74) is 1.32. The van der Waals surface area contributed by atoms with Crippen molar-refractivity contribution in [1.29, 1.82) is 0 Å². The highest BCUT2D eigenvalue weighted by molar-refractivity contribution is 6.30. The number of nitrogens with one attached hydrogen (secondary N) is 1. The number of amides is 2. The van der Waals surface area contributed by atoms with Crippen LogP contribution in [0.25, 0.3) is 0 Å². The first-order valence-electron chi connectivity index (χ1n) is 7.41. The molecule has 2 amide bonds. The summed E-state index contributed by atoms with van der Waals surface area (Å²) in [4.78, 5) is 36.9. The van der Waals surface area contributed by atoms with Gasteiger partial charge in [0.1, 0.15) is 0 Å². The summed E-state index contributed by atoms with van der Waals surface area (Å²) in [7, 11) is 3.32. The van der Waals surface area contributed by atoms with Gasteiger partial charge >= 0.3 is 5.97 Å². The van der Waals surface area contributed by atoms with Crippen molar-refractivity contribution in [3.05, 3.63) is 64.7 Å². The van der Waals surface area contributed by atoms with Crippen molar-refractivity contribution in [2.75, 3.05) is 26.0 Å². The summed E-state index contributed by atoms with van der Waals surface area (Å²) in [6.07, 6.45) is 0. The number of hydrogen-bond acceptors (Lipinski definition) is 4. The molecule has 0 radical (unpaired) electrons. The van der Waals surface area contributed by atoms with Crippen LogP contribution in [0.1, 0.15) is 20.7 Å². The number of esters is 1. The first-order chi connectivity index (χ1) is 11.9. The summed E-state index contributed by atoms with van der Waals surface area (Å²) >= 11 is 5.74. The van der Waals surface area contributed by atoms with Gasteiger partial charge in [-0.1, -0.05) is 11.6 Å². The first kappa shape index (κ1) is 18.5. The number of halogens is 1. The molecular weight excluding hydrogens is 344 g/mol. The molecule has 0 aliphatic heterocycles. The number of carbonyl (C=O) groups is 3. The van der Waals surface area contributed by atoms with Crippen molar-refractivity contribution in [1.82, 2.24) is 4.90 Å². The minimum absolute atomic E-state index is 0.130. The van der Waals surface area contributed by atoms with Crippen molar-refractivity contribution in [3.8, 4) is 0 Å². The summed E-state index contributed by atoms with van der Waals surface area (Å²) in [5.74, 6) is -1.22. The predicted molar refractivity (Wildman–Crippen MR) is 94.8 cm³/mol. The molecule has 2 rings (SSSR count). The van der Waals surface area contributed by atoms with E-state index in [-0.39, 0.29) is 5.91 Å². The van der Waals surface area contributed by atoms with Crippen LogP contribution in [0.4, 0.5) is 5.69 Å². The number of benzene rings is 2. The highest BCUT2D eigenvalue weighted by Gasteiger charge is 2.11. The summed E-state index contributed by atoms with van der Waals surface area (Å²) in [6, 6.07) is 12.6. The van der Waals surface area contributed by atoms with E-state index in [0.29, 0.717) is 21.8 Å². The van der Waals surface area contributed by atoms with Crippen molar-refractivity contribution in [2.45, 2.75) is 0 Å². The standard InChI is InChI=1S/C18H17ClN2O4/c1-21(2)17(23)12-5-9-15(10-6-12)20-16(22)11-25-18(24)13-3-7-14(19)8-4-13/h3-10H,11H2,1-2H3,(H,20,22). The molecule has 0 aliphatic carbocycles. The molecule has 2 aromatic carbocycles. The zero-order valence-corrected chi connectivity index (χ0v) is 14.5. The van der Waals surface area contributed by atoms with E-state index in [1.807, 2.05) is 0 Å². The number of anilines is 1. The number of nitrogens with zero attached hydrogens (tertiary/aromatic N) is 1. The molecule has 25 heavy (non-hydrogen) atoms. The van der Waals surface area contributed by atoms with Crippen LogP contribution in [-0.2, 0) is 9.53 Å². The Labute approximate surface area is 150 Å². The monoisotopic (exact) mass is 360 g/mol. The molecule has 0 bridgehead atoms. The molecule has 0 atom stereocenters. The molecule has 0 unspecified atom stereocenters. The van der Waals surface area contributed by atoms with Gasteiger partial charge in [-0.25, -0.2) is 4.79 Å². The zero-order chi connectivity index (χ0) is 18.4. The molecular formula is C18H17ClN2O4. The van der Waals surface area contributed by atoms with E-state index in [1.165, 1.54) is 17.0 Å². The average molecular weight is 361 g/mol. The minimum Gasteiger partial charge on any atom is -0.452 e. The van der Waals surface area contributed by atoms with E-state index in [0.717, 1.165) is 0 Å². The van der Waals surface area contributed by atoms with Crippen LogP contribution in [0, 0.1) is 0 Å². The smallest absolute Gasteiger partial charge is 0.338 e. The molecule has 0 saturated heterocycles.